The van der Waals surface area contributed by atoms with E-state index in [1.165, 1.54) is 0 Å². The van der Waals surface area contributed by atoms with E-state index in [0.29, 0.717) is 12.1 Å². The Labute approximate surface area is 108 Å². The van der Waals surface area contributed by atoms with E-state index in [1.54, 1.807) is 0 Å². The minimum atomic E-state index is 0.102. The van der Waals surface area contributed by atoms with Crippen LogP contribution in [-0.2, 0) is 0 Å². The maximum absolute atomic E-state index is 12.5. The van der Waals surface area contributed by atoms with Gasteiger partial charge in [-0.1, -0.05) is 0 Å². The van der Waals surface area contributed by atoms with Gasteiger partial charge in [-0.25, -0.2) is 0 Å². The molecule has 1 amide bonds. The van der Waals surface area contributed by atoms with Crippen LogP contribution in [-0.4, -0.2) is 58.1 Å². The van der Waals surface area contributed by atoms with Crippen molar-refractivity contribution in [3.63, 3.8) is 0 Å². The molecule has 0 bridgehead atoms. The van der Waals surface area contributed by atoms with Gasteiger partial charge in [-0.3, -0.25) is 14.8 Å². The van der Waals surface area contributed by atoms with Crippen LogP contribution in [0.2, 0.25) is 0 Å². The molecule has 5 heteroatoms. The second-order valence-electron chi connectivity index (χ2n) is 5.38. The van der Waals surface area contributed by atoms with E-state index >= 15 is 0 Å². The molecule has 2 heterocycles. The summed E-state index contributed by atoms with van der Waals surface area (Å²) >= 11 is 0. The minimum Gasteiger partial charge on any atom is -0.335 e. The topological polar surface area (TPSA) is 52.2 Å². The third-order valence-electron chi connectivity index (χ3n) is 3.99. The number of aromatic amines is 1. The molecule has 100 valence electrons. The van der Waals surface area contributed by atoms with Crippen LogP contribution in [0.1, 0.15) is 35.6 Å². The van der Waals surface area contributed by atoms with Crippen LogP contribution in [0.25, 0.3) is 0 Å². The number of aryl methyl sites for hydroxylation is 2. The first-order valence-corrected chi connectivity index (χ1v) is 6.44. The van der Waals surface area contributed by atoms with Gasteiger partial charge in [0, 0.05) is 30.9 Å². The molecule has 5 nitrogen and oxygen atoms in total. The molecule has 0 aliphatic carbocycles. The number of H-pyrrole nitrogens is 1. The molecule has 2 rings (SSSR count). The SMILES string of the molecule is Cc1n[nH]c(C)c1C(=O)N1CC(C)N(C)C(C)C1. The third-order valence-corrected chi connectivity index (χ3v) is 3.99. The lowest BCUT2D eigenvalue weighted by atomic mass is 10.1. The molecule has 0 saturated carbocycles. The smallest absolute Gasteiger partial charge is 0.257 e. The number of likely N-dealkylation sites (N-methyl/N-ethyl adjacent to an activating group) is 1. The van der Waals surface area contributed by atoms with Crippen molar-refractivity contribution in [2.75, 3.05) is 20.1 Å². The number of hydrogen-bond acceptors (Lipinski definition) is 3. The first kappa shape index (κ1) is 13.1. The van der Waals surface area contributed by atoms with Gasteiger partial charge >= 0.3 is 0 Å². The average molecular weight is 250 g/mol. The molecule has 1 aromatic rings. The van der Waals surface area contributed by atoms with Crippen LogP contribution in [0.3, 0.4) is 0 Å². The Morgan fingerprint density at radius 2 is 1.83 bits per heavy atom. The van der Waals surface area contributed by atoms with Gasteiger partial charge in [0.05, 0.1) is 11.3 Å². The normalized spacial score (nSPS) is 25.5. The van der Waals surface area contributed by atoms with Gasteiger partial charge in [-0.15, -0.1) is 0 Å². The highest BCUT2D eigenvalue weighted by atomic mass is 16.2. The van der Waals surface area contributed by atoms with Crippen molar-refractivity contribution < 1.29 is 4.79 Å². The molecule has 1 aliphatic rings. The molecular formula is C13H22N4O. The molecule has 1 aromatic heterocycles. The predicted molar refractivity (Wildman–Crippen MR) is 70.7 cm³/mol. The Bertz CT molecular complexity index is 422. The van der Waals surface area contributed by atoms with Crippen molar-refractivity contribution >= 4 is 5.91 Å². The van der Waals surface area contributed by atoms with E-state index in [9.17, 15) is 4.79 Å². The van der Waals surface area contributed by atoms with Gasteiger partial charge < -0.3 is 4.90 Å². The highest BCUT2D eigenvalue weighted by Gasteiger charge is 2.31. The molecule has 1 fully saturated rings. The monoisotopic (exact) mass is 250 g/mol. The molecular weight excluding hydrogens is 228 g/mol. The Balaban J connectivity index is 2.20. The van der Waals surface area contributed by atoms with Crippen LogP contribution < -0.4 is 0 Å². The molecule has 1 saturated heterocycles. The van der Waals surface area contributed by atoms with Gasteiger partial charge in [0.2, 0.25) is 0 Å². The zero-order valence-corrected chi connectivity index (χ0v) is 11.8. The first-order valence-electron chi connectivity index (χ1n) is 6.44. The van der Waals surface area contributed by atoms with E-state index in [-0.39, 0.29) is 5.91 Å². The number of rotatable bonds is 1. The lowest BCUT2D eigenvalue weighted by molar-refractivity contribution is 0.0413. The zero-order valence-electron chi connectivity index (χ0n) is 11.8. The summed E-state index contributed by atoms with van der Waals surface area (Å²) in [4.78, 5) is 16.8. The highest BCUT2D eigenvalue weighted by molar-refractivity contribution is 5.96. The summed E-state index contributed by atoms with van der Waals surface area (Å²) in [6.07, 6.45) is 0. The number of hydrogen-bond donors (Lipinski definition) is 1. The van der Waals surface area contributed by atoms with E-state index < -0.39 is 0 Å². The summed E-state index contributed by atoms with van der Waals surface area (Å²) in [5.41, 5.74) is 2.38. The fraction of sp³-hybridized carbons (Fsp3) is 0.692. The maximum atomic E-state index is 12.5. The van der Waals surface area contributed by atoms with Gasteiger partial charge in [0.15, 0.2) is 0 Å². The van der Waals surface area contributed by atoms with Crippen molar-refractivity contribution in [2.24, 2.45) is 0 Å². The van der Waals surface area contributed by atoms with Crippen LogP contribution in [0, 0.1) is 13.8 Å². The van der Waals surface area contributed by atoms with Crippen molar-refractivity contribution in [1.82, 2.24) is 20.0 Å². The number of amides is 1. The molecule has 2 unspecified atom stereocenters. The van der Waals surface area contributed by atoms with Crippen LogP contribution in [0.4, 0.5) is 0 Å². The highest BCUT2D eigenvalue weighted by Crippen LogP contribution is 2.18. The molecule has 0 radical (unpaired) electrons. The summed E-state index contributed by atoms with van der Waals surface area (Å²) in [6.45, 7) is 9.65. The lowest BCUT2D eigenvalue weighted by Crippen LogP contribution is -2.56. The van der Waals surface area contributed by atoms with Crippen molar-refractivity contribution in [2.45, 2.75) is 39.8 Å². The Morgan fingerprint density at radius 1 is 1.28 bits per heavy atom. The van der Waals surface area contributed by atoms with Gasteiger partial charge in [0.25, 0.3) is 5.91 Å². The number of carbonyl (C=O) groups excluding carboxylic acids is 1. The van der Waals surface area contributed by atoms with Crippen LogP contribution in [0.15, 0.2) is 0 Å². The molecule has 0 spiro atoms. The predicted octanol–water partition coefficient (Wildman–Crippen LogP) is 1.19. The maximum Gasteiger partial charge on any atom is 0.257 e. The second-order valence-corrected chi connectivity index (χ2v) is 5.38. The fourth-order valence-corrected chi connectivity index (χ4v) is 2.59. The van der Waals surface area contributed by atoms with E-state index in [4.69, 9.17) is 0 Å². The number of nitrogens with zero attached hydrogens (tertiary/aromatic N) is 3. The zero-order chi connectivity index (χ0) is 13.4. The number of nitrogens with one attached hydrogen (secondary N) is 1. The Hall–Kier alpha value is -1.36. The molecule has 18 heavy (non-hydrogen) atoms. The first-order chi connectivity index (χ1) is 8.41. The largest absolute Gasteiger partial charge is 0.335 e. The number of piperazine rings is 1. The van der Waals surface area contributed by atoms with Gasteiger partial charge in [-0.05, 0) is 34.7 Å². The number of carbonyl (C=O) groups is 1. The summed E-state index contributed by atoms with van der Waals surface area (Å²) < 4.78 is 0. The Morgan fingerprint density at radius 3 is 2.28 bits per heavy atom. The molecule has 1 N–H and O–H groups in total. The average Bonchev–Trinajstić information content (AvgIpc) is 2.64. The minimum absolute atomic E-state index is 0.102. The molecule has 2 atom stereocenters. The van der Waals surface area contributed by atoms with Gasteiger partial charge in [-0.2, -0.15) is 5.10 Å². The van der Waals surface area contributed by atoms with E-state index in [0.717, 1.165) is 30.0 Å². The van der Waals surface area contributed by atoms with E-state index in [2.05, 4.69) is 36.0 Å². The fourth-order valence-electron chi connectivity index (χ4n) is 2.59. The summed E-state index contributed by atoms with van der Waals surface area (Å²) in [6, 6.07) is 0.787. The van der Waals surface area contributed by atoms with Crippen molar-refractivity contribution in [3.8, 4) is 0 Å². The van der Waals surface area contributed by atoms with Crippen LogP contribution in [0.5, 0.6) is 0 Å². The quantitative estimate of drug-likeness (QED) is 0.814. The van der Waals surface area contributed by atoms with E-state index in [1.807, 2.05) is 18.7 Å². The Kier molecular flexibility index (Phi) is 3.43. The lowest BCUT2D eigenvalue weighted by Gasteiger charge is -2.42. The van der Waals surface area contributed by atoms with Crippen LogP contribution >= 0.6 is 0 Å². The third kappa shape index (κ3) is 2.14. The summed E-state index contributed by atoms with van der Waals surface area (Å²) in [5.74, 6) is 0.102. The van der Waals surface area contributed by atoms with Crippen molar-refractivity contribution in [1.29, 1.82) is 0 Å². The van der Waals surface area contributed by atoms with Gasteiger partial charge in [0.1, 0.15) is 0 Å². The molecule has 1 aliphatic heterocycles. The number of aromatic nitrogens is 2. The van der Waals surface area contributed by atoms with Crippen molar-refractivity contribution in [3.05, 3.63) is 17.0 Å². The summed E-state index contributed by atoms with van der Waals surface area (Å²) in [7, 11) is 2.12. The summed E-state index contributed by atoms with van der Waals surface area (Å²) in [5, 5.41) is 6.98. The molecule has 0 aromatic carbocycles. The standard InChI is InChI=1S/C13H22N4O/c1-8-6-17(7-9(2)16(8)5)13(18)12-10(3)14-15-11(12)4/h8-9H,6-7H2,1-5H3,(H,14,15). The second kappa shape index (κ2) is 4.72.